The summed E-state index contributed by atoms with van der Waals surface area (Å²) in [5, 5.41) is 9.52. The van der Waals surface area contributed by atoms with Crippen molar-refractivity contribution in [2.75, 3.05) is 39.6 Å². The number of phenols is 1. The van der Waals surface area contributed by atoms with Crippen LogP contribution in [-0.2, 0) is 29.8 Å². The minimum atomic E-state index is -0.295. The molecule has 4 rings (SSSR count). The first-order chi connectivity index (χ1) is 14.6. The van der Waals surface area contributed by atoms with Crippen LogP contribution in [0.25, 0.3) is 0 Å². The molecule has 6 nitrogen and oxygen atoms in total. The van der Waals surface area contributed by atoms with Gasteiger partial charge in [0, 0.05) is 5.41 Å². The monoisotopic (exact) mass is 412 g/mol. The van der Waals surface area contributed by atoms with Crippen molar-refractivity contribution in [2.45, 2.75) is 30.6 Å². The van der Waals surface area contributed by atoms with Gasteiger partial charge in [-0.25, -0.2) is 0 Å². The summed E-state index contributed by atoms with van der Waals surface area (Å²) >= 11 is 0. The summed E-state index contributed by atoms with van der Waals surface area (Å²) in [6.07, 6.45) is 1.16. The van der Waals surface area contributed by atoms with E-state index in [4.69, 9.17) is 18.9 Å². The highest BCUT2D eigenvalue weighted by atomic mass is 16.5. The average Bonchev–Trinajstić information content (AvgIpc) is 2.68. The summed E-state index contributed by atoms with van der Waals surface area (Å²) in [5.41, 5.74) is 1.89. The van der Waals surface area contributed by atoms with Crippen LogP contribution in [0.1, 0.15) is 30.9 Å². The van der Waals surface area contributed by atoms with Crippen LogP contribution in [0.3, 0.4) is 0 Å². The Morgan fingerprint density at radius 3 is 2.03 bits per heavy atom. The molecule has 2 aromatic rings. The predicted molar refractivity (Wildman–Crippen MR) is 111 cm³/mol. The Hall–Kier alpha value is -2.57. The van der Waals surface area contributed by atoms with Gasteiger partial charge in [0.05, 0.1) is 51.5 Å². The summed E-state index contributed by atoms with van der Waals surface area (Å²) in [7, 11) is 0. The second-order valence-corrected chi connectivity index (χ2v) is 8.20. The topological polar surface area (TPSA) is 74.2 Å². The molecule has 0 radical (unpaired) electrons. The third-order valence-corrected chi connectivity index (χ3v) is 6.10. The standard InChI is InChI=1S/C24H28O6/c1-2-29-22(26)13-24(16-28-17-24)19-5-9-21(10-6-19)30-12-11-23(14-27-15-23)18-3-7-20(25)8-4-18/h3-10,25H,2,11-17H2,1H3. The van der Waals surface area contributed by atoms with Crippen molar-refractivity contribution in [3.8, 4) is 11.5 Å². The number of rotatable bonds is 9. The SMILES string of the molecule is CCOC(=O)CC1(c2ccc(OCCC3(c4ccc(O)cc4)COC3)cc2)COC1. The predicted octanol–water partition coefficient (Wildman–Crippen LogP) is 3.35. The van der Waals surface area contributed by atoms with E-state index in [-0.39, 0.29) is 22.5 Å². The fourth-order valence-electron chi connectivity index (χ4n) is 4.10. The molecule has 0 aliphatic carbocycles. The number of carbonyl (C=O) groups excluding carboxylic acids is 1. The molecule has 1 N–H and O–H groups in total. The second-order valence-electron chi connectivity index (χ2n) is 8.20. The van der Waals surface area contributed by atoms with Gasteiger partial charge in [-0.3, -0.25) is 4.79 Å². The number of hydrogen-bond acceptors (Lipinski definition) is 6. The fourth-order valence-corrected chi connectivity index (χ4v) is 4.10. The summed E-state index contributed by atoms with van der Waals surface area (Å²) < 4.78 is 22.0. The van der Waals surface area contributed by atoms with Crippen molar-refractivity contribution in [1.82, 2.24) is 0 Å². The lowest BCUT2D eigenvalue weighted by molar-refractivity contribution is -0.151. The molecule has 2 heterocycles. The highest BCUT2D eigenvalue weighted by Gasteiger charge is 2.43. The molecule has 2 fully saturated rings. The minimum Gasteiger partial charge on any atom is -0.508 e. The van der Waals surface area contributed by atoms with Crippen molar-refractivity contribution in [1.29, 1.82) is 0 Å². The zero-order valence-corrected chi connectivity index (χ0v) is 17.3. The van der Waals surface area contributed by atoms with Crippen molar-refractivity contribution in [2.24, 2.45) is 0 Å². The van der Waals surface area contributed by atoms with Gasteiger partial charge < -0.3 is 24.1 Å². The molecule has 0 bridgehead atoms. The van der Waals surface area contributed by atoms with E-state index in [1.165, 1.54) is 0 Å². The lowest BCUT2D eigenvalue weighted by Crippen LogP contribution is -2.48. The molecule has 30 heavy (non-hydrogen) atoms. The number of benzene rings is 2. The van der Waals surface area contributed by atoms with Gasteiger partial charge in [0.2, 0.25) is 0 Å². The van der Waals surface area contributed by atoms with Crippen LogP contribution in [0, 0.1) is 0 Å². The molecule has 0 atom stereocenters. The fraction of sp³-hybridized carbons (Fsp3) is 0.458. The van der Waals surface area contributed by atoms with Gasteiger partial charge in [-0.05, 0) is 48.7 Å². The van der Waals surface area contributed by atoms with Gasteiger partial charge in [-0.2, -0.15) is 0 Å². The van der Waals surface area contributed by atoms with Gasteiger partial charge in [-0.15, -0.1) is 0 Å². The Morgan fingerprint density at radius 2 is 1.50 bits per heavy atom. The molecular formula is C24H28O6. The van der Waals surface area contributed by atoms with Crippen LogP contribution in [0.4, 0.5) is 0 Å². The van der Waals surface area contributed by atoms with Gasteiger partial charge in [0.1, 0.15) is 11.5 Å². The van der Waals surface area contributed by atoms with E-state index in [0.717, 1.165) is 23.3 Å². The van der Waals surface area contributed by atoms with E-state index >= 15 is 0 Å². The molecule has 160 valence electrons. The largest absolute Gasteiger partial charge is 0.508 e. The molecule has 0 saturated carbocycles. The minimum absolute atomic E-state index is 0.0550. The number of hydrogen-bond donors (Lipinski definition) is 1. The quantitative estimate of drug-likeness (QED) is 0.637. The number of phenolic OH excluding ortho intramolecular Hbond substituents is 1. The van der Waals surface area contributed by atoms with Gasteiger partial charge in [-0.1, -0.05) is 24.3 Å². The zero-order chi connectivity index (χ0) is 21.0. The molecule has 2 aromatic carbocycles. The highest BCUT2D eigenvalue weighted by Crippen LogP contribution is 2.38. The Balaban J connectivity index is 1.35. The smallest absolute Gasteiger partial charge is 0.306 e. The summed E-state index contributed by atoms with van der Waals surface area (Å²) in [4.78, 5) is 12.0. The molecule has 2 aliphatic heterocycles. The Bertz CT molecular complexity index is 850. The molecule has 6 heteroatoms. The zero-order valence-electron chi connectivity index (χ0n) is 17.3. The van der Waals surface area contributed by atoms with Gasteiger partial charge in [0.15, 0.2) is 0 Å². The maximum absolute atomic E-state index is 12.0. The molecular weight excluding hydrogens is 384 g/mol. The molecule has 0 unspecified atom stereocenters. The first-order valence-corrected chi connectivity index (χ1v) is 10.4. The first kappa shape index (κ1) is 20.7. The summed E-state index contributed by atoms with van der Waals surface area (Å²) in [5.74, 6) is 0.873. The van der Waals surface area contributed by atoms with Crippen molar-refractivity contribution in [3.05, 3.63) is 59.7 Å². The van der Waals surface area contributed by atoms with Crippen LogP contribution in [0.15, 0.2) is 48.5 Å². The molecule has 0 aromatic heterocycles. The third kappa shape index (κ3) is 4.16. The lowest BCUT2D eigenvalue weighted by Gasteiger charge is -2.42. The van der Waals surface area contributed by atoms with E-state index in [1.54, 1.807) is 12.1 Å². The van der Waals surface area contributed by atoms with E-state index < -0.39 is 0 Å². The highest BCUT2D eigenvalue weighted by molar-refractivity contribution is 5.72. The van der Waals surface area contributed by atoms with Crippen LogP contribution >= 0.6 is 0 Å². The number of ether oxygens (including phenoxy) is 4. The summed E-state index contributed by atoms with van der Waals surface area (Å²) in [6.45, 7) is 5.16. The molecule has 2 saturated heterocycles. The lowest BCUT2D eigenvalue weighted by atomic mass is 9.76. The maximum atomic E-state index is 12.0. The number of aromatic hydroxyl groups is 1. The molecule has 2 aliphatic rings. The number of carbonyl (C=O) groups is 1. The van der Waals surface area contributed by atoms with Crippen molar-refractivity contribution < 1.29 is 28.8 Å². The van der Waals surface area contributed by atoms with Crippen LogP contribution in [-0.4, -0.2) is 50.7 Å². The normalized spacial score (nSPS) is 18.7. The number of esters is 1. The van der Waals surface area contributed by atoms with Crippen LogP contribution < -0.4 is 4.74 Å². The molecule has 0 amide bonds. The van der Waals surface area contributed by atoms with Crippen molar-refractivity contribution in [3.63, 3.8) is 0 Å². The average molecular weight is 412 g/mol. The summed E-state index contributed by atoms with van der Waals surface area (Å²) in [6, 6.07) is 15.3. The Kier molecular flexibility index (Phi) is 5.97. The van der Waals surface area contributed by atoms with Crippen LogP contribution in [0.5, 0.6) is 11.5 Å². The van der Waals surface area contributed by atoms with Crippen LogP contribution in [0.2, 0.25) is 0 Å². The Labute approximate surface area is 176 Å². The second kappa shape index (κ2) is 8.66. The maximum Gasteiger partial charge on any atom is 0.306 e. The molecule has 0 spiro atoms. The van der Waals surface area contributed by atoms with E-state index in [9.17, 15) is 9.90 Å². The van der Waals surface area contributed by atoms with Gasteiger partial charge in [0.25, 0.3) is 0 Å². The van der Waals surface area contributed by atoms with Gasteiger partial charge >= 0.3 is 5.97 Å². The third-order valence-electron chi connectivity index (χ3n) is 6.10. The first-order valence-electron chi connectivity index (χ1n) is 10.4. The van der Waals surface area contributed by atoms with E-state index in [0.29, 0.717) is 46.1 Å². The van der Waals surface area contributed by atoms with Crippen molar-refractivity contribution >= 4 is 5.97 Å². The Morgan fingerprint density at radius 1 is 0.933 bits per heavy atom. The van der Waals surface area contributed by atoms with E-state index in [2.05, 4.69) is 0 Å². The van der Waals surface area contributed by atoms with E-state index in [1.807, 2.05) is 43.3 Å².